The first-order chi connectivity index (χ1) is 13.2. The molecular weight excluding hydrogens is 348 g/mol. The summed E-state index contributed by atoms with van der Waals surface area (Å²) in [5.74, 6) is 2.54. The maximum Gasteiger partial charge on any atom is 0.169 e. The lowest BCUT2D eigenvalue weighted by atomic mass is 9.48. The van der Waals surface area contributed by atoms with E-state index in [9.17, 15) is 5.11 Å². The van der Waals surface area contributed by atoms with Gasteiger partial charge in [0.25, 0.3) is 0 Å². The van der Waals surface area contributed by atoms with Crippen molar-refractivity contribution in [3.05, 3.63) is 11.6 Å². The Labute approximate surface area is 171 Å². The second-order valence-corrected chi connectivity index (χ2v) is 11.6. The number of allylic oxidation sites excluding steroid dienone is 2. The summed E-state index contributed by atoms with van der Waals surface area (Å²) in [7, 11) is 0. The highest BCUT2D eigenvalue weighted by atomic mass is 16.7. The van der Waals surface area contributed by atoms with Crippen molar-refractivity contribution >= 4 is 0 Å². The highest BCUT2D eigenvalue weighted by Crippen LogP contribution is 2.68. The number of ether oxygens (including phenoxy) is 2. The fourth-order valence-corrected chi connectivity index (χ4v) is 8.54. The molecule has 7 atom stereocenters. The highest BCUT2D eigenvalue weighted by molar-refractivity contribution is 5.24. The van der Waals surface area contributed by atoms with Crippen molar-refractivity contribution in [1.82, 2.24) is 0 Å². The van der Waals surface area contributed by atoms with Crippen molar-refractivity contribution in [2.75, 3.05) is 13.2 Å². The summed E-state index contributed by atoms with van der Waals surface area (Å²) in [5, 5.41) is 10.7. The summed E-state index contributed by atoms with van der Waals surface area (Å²) in [6.07, 6.45) is 13.2. The van der Waals surface area contributed by atoms with Crippen molar-refractivity contribution in [2.24, 2.45) is 34.5 Å². The molecule has 3 nitrogen and oxygen atoms in total. The van der Waals surface area contributed by atoms with Gasteiger partial charge in [-0.2, -0.15) is 0 Å². The normalized spacial score (nSPS) is 53.0. The molecule has 1 aliphatic heterocycles. The van der Waals surface area contributed by atoms with Crippen molar-refractivity contribution in [2.45, 2.75) is 96.9 Å². The predicted molar refractivity (Wildman–Crippen MR) is 111 cm³/mol. The standard InChI is InChI=1S/C25H40O3/c1-22(26)11-9-17-5-6-18-19-7-8-21(25(4)27-15-16-28-25)24(19,3)12-10-20(18)23(17,2)14-13-22/h5,18-21,26H,6-16H2,1-4H3/t18-,19-,20-,21-,22-,23-,24-/m0/s1. The Hall–Kier alpha value is -0.380. The van der Waals surface area contributed by atoms with Crippen molar-refractivity contribution in [3.63, 3.8) is 0 Å². The van der Waals surface area contributed by atoms with Gasteiger partial charge in [0.05, 0.1) is 18.8 Å². The van der Waals surface area contributed by atoms with Crippen LogP contribution in [-0.4, -0.2) is 29.7 Å². The summed E-state index contributed by atoms with van der Waals surface area (Å²) >= 11 is 0. The molecule has 0 amide bonds. The van der Waals surface area contributed by atoms with E-state index >= 15 is 0 Å². The van der Waals surface area contributed by atoms with Gasteiger partial charge in [-0.15, -0.1) is 0 Å². The zero-order valence-electron chi connectivity index (χ0n) is 18.4. The second-order valence-electron chi connectivity index (χ2n) is 11.6. The van der Waals surface area contributed by atoms with Gasteiger partial charge in [-0.25, -0.2) is 0 Å². The van der Waals surface area contributed by atoms with Gasteiger partial charge in [0.1, 0.15) is 0 Å². The zero-order chi connectivity index (χ0) is 19.8. The van der Waals surface area contributed by atoms with Crippen LogP contribution in [0.3, 0.4) is 0 Å². The van der Waals surface area contributed by atoms with Crippen LogP contribution < -0.4 is 0 Å². The zero-order valence-corrected chi connectivity index (χ0v) is 18.4. The molecule has 5 rings (SSSR count). The van der Waals surface area contributed by atoms with Gasteiger partial charge < -0.3 is 14.6 Å². The molecule has 0 bridgehead atoms. The molecule has 3 saturated carbocycles. The Morgan fingerprint density at radius 3 is 2.39 bits per heavy atom. The molecule has 0 aromatic heterocycles. The molecule has 0 radical (unpaired) electrons. The first-order valence-corrected chi connectivity index (χ1v) is 11.9. The highest BCUT2D eigenvalue weighted by Gasteiger charge is 2.62. The lowest BCUT2D eigenvalue weighted by molar-refractivity contribution is -0.214. The van der Waals surface area contributed by atoms with Gasteiger partial charge in [0.2, 0.25) is 0 Å². The van der Waals surface area contributed by atoms with E-state index in [1.165, 1.54) is 32.1 Å². The maximum atomic E-state index is 10.7. The number of aliphatic hydroxyl groups is 1. The number of hydrogen-bond acceptors (Lipinski definition) is 3. The molecule has 28 heavy (non-hydrogen) atoms. The number of hydrogen-bond donors (Lipinski definition) is 1. The van der Waals surface area contributed by atoms with Crippen LogP contribution in [-0.2, 0) is 9.47 Å². The van der Waals surface area contributed by atoms with Crippen LogP contribution in [0.15, 0.2) is 11.6 Å². The minimum atomic E-state index is -0.482. The van der Waals surface area contributed by atoms with Gasteiger partial charge >= 0.3 is 0 Å². The molecule has 3 heteroatoms. The van der Waals surface area contributed by atoms with E-state index in [1.54, 1.807) is 5.57 Å². The van der Waals surface area contributed by atoms with E-state index in [-0.39, 0.29) is 5.79 Å². The molecule has 0 aromatic rings. The third-order valence-corrected chi connectivity index (χ3v) is 10.2. The van der Waals surface area contributed by atoms with Crippen LogP contribution >= 0.6 is 0 Å². The molecule has 4 aliphatic carbocycles. The molecule has 5 aliphatic rings. The van der Waals surface area contributed by atoms with Gasteiger partial charge in [0.15, 0.2) is 5.79 Å². The topological polar surface area (TPSA) is 38.7 Å². The second kappa shape index (κ2) is 6.31. The first-order valence-electron chi connectivity index (χ1n) is 11.9. The summed E-state index contributed by atoms with van der Waals surface area (Å²) in [6, 6.07) is 0. The Balaban J connectivity index is 1.44. The molecule has 1 saturated heterocycles. The maximum absolute atomic E-state index is 10.7. The van der Waals surface area contributed by atoms with E-state index in [0.717, 1.165) is 56.7 Å². The quantitative estimate of drug-likeness (QED) is 0.605. The first kappa shape index (κ1) is 19.6. The van der Waals surface area contributed by atoms with Crippen molar-refractivity contribution < 1.29 is 14.6 Å². The van der Waals surface area contributed by atoms with Crippen LogP contribution in [0.2, 0.25) is 0 Å². The average Bonchev–Trinajstić information content (AvgIpc) is 3.20. The van der Waals surface area contributed by atoms with Crippen LogP contribution in [0.4, 0.5) is 0 Å². The molecule has 0 aromatic carbocycles. The Morgan fingerprint density at radius 2 is 1.64 bits per heavy atom. The summed E-state index contributed by atoms with van der Waals surface area (Å²) in [5.41, 5.74) is 1.83. The Kier molecular flexibility index (Phi) is 4.41. The molecule has 158 valence electrons. The molecule has 1 N–H and O–H groups in total. The van der Waals surface area contributed by atoms with E-state index < -0.39 is 5.60 Å². The Bertz CT molecular complexity index is 661. The van der Waals surface area contributed by atoms with E-state index in [4.69, 9.17) is 9.47 Å². The molecular formula is C25H40O3. The van der Waals surface area contributed by atoms with E-state index in [2.05, 4.69) is 26.8 Å². The fraction of sp³-hybridized carbons (Fsp3) is 0.920. The molecule has 0 unspecified atom stereocenters. The lowest BCUT2D eigenvalue weighted by Crippen LogP contribution is -2.52. The number of fused-ring (bicyclic) bond motifs is 5. The monoisotopic (exact) mass is 388 g/mol. The average molecular weight is 389 g/mol. The van der Waals surface area contributed by atoms with Gasteiger partial charge in [-0.05, 0) is 100 Å². The third kappa shape index (κ3) is 2.72. The van der Waals surface area contributed by atoms with E-state index in [1.807, 2.05) is 6.92 Å². The van der Waals surface area contributed by atoms with Crippen LogP contribution in [0.1, 0.15) is 85.5 Å². The molecule has 0 spiro atoms. The summed E-state index contributed by atoms with van der Waals surface area (Å²) < 4.78 is 12.3. The molecule has 1 heterocycles. The van der Waals surface area contributed by atoms with Gasteiger partial charge in [0, 0.05) is 5.92 Å². The predicted octanol–water partition coefficient (Wildman–Crippen LogP) is 5.47. The summed E-state index contributed by atoms with van der Waals surface area (Å²) in [4.78, 5) is 0. The fourth-order valence-electron chi connectivity index (χ4n) is 8.54. The summed E-state index contributed by atoms with van der Waals surface area (Å²) in [6.45, 7) is 10.9. The van der Waals surface area contributed by atoms with Crippen LogP contribution in [0.25, 0.3) is 0 Å². The van der Waals surface area contributed by atoms with Crippen LogP contribution in [0.5, 0.6) is 0 Å². The van der Waals surface area contributed by atoms with E-state index in [0.29, 0.717) is 16.7 Å². The SMILES string of the molecule is CC1([C@H]2CC[C@H]3[C@@H]4CC=C5CC[C@](C)(O)CC[C@]5(C)[C@H]4CC[C@]23C)OCCO1. The van der Waals surface area contributed by atoms with Crippen molar-refractivity contribution in [1.29, 1.82) is 0 Å². The third-order valence-electron chi connectivity index (χ3n) is 10.2. The minimum absolute atomic E-state index is 0.299. The van der Waals surface area contributed by atoms with Crippen LogP contribution in [0, 0.1) is 34.5 Å². The lowest BCUT2D eigenvalue weighted by Gasteiger charge is -2.57. The smallest absolute Gasteiger partial charge is 0.169 e. The van der Waals surface area contributed by atoms with Crippen molar-refractivity contribution in [3.8, 4) is 0 Å². The van der Waals surface area contributed by atoms with Gasteiger partial charge in [-0.1, -0.05) is 25.5 Å². The molecule has 4 fully saturated rings. The van der Waals surface area contributed by atoms with Gasteiger partial charge in [-0.3, -0.25) is 0 Å². The largest absolute Gasteiger partial charge is 0.390 e. The number of rotatable bonds is 1. The minimum Gasteiger partial charge on any atom is -0.390 e. The Morgan fingerprint density at radius 1 is 0.893 bits per heavy atom.